The number of nitrogens with two attached hydrogens (primary N) is 1. The molecule has 0 unspecified atom stereocenters. The Bertz CT molecular complexity index is 666. The Kier molecular flexibility index (Phi) is 4.19. The van der Waals surface area contributed by atoms with Gasteiger partial charge in [0.2, 0.25) is 5.91 Å². The summed E-state index contributed by atoms with van der Waals surface area (Å²) in [4.78, 5) is 22.8. The Morgan fingerprint density at radius 3 is 2.85 bits per heavy atom. The van der Waals surface area contributed by atoms with Crippen LogP contribution in [0.3, 0.4) is 0 Å². The largest absolute Gasteiger partial charge is 0.368 e. The number of rotatable bonds is 4. The monoisotopic (exact) mass is 336 g/mol. The van der Waals surface area contributed by atoms with E-state index in [1.807, 2.05) is 13.0 Å². The lowest BCUT2D eigenvalue weighted by Crippen LogP contribution is -2.18. The van der Waals surface area contributed by atoms with E-state index in [4.69, 9.17) is 5.73 Å². The lowest BCUT2D eigenvalue weighted by molar-refractivity contribution is -0.118. The van der Waals surface area contributed by atoms with Crippen molar-refractivity contribution in [1.29, 1.82) is 0 Å². The van der Waals surface area contributed by atoms with Crippen LogP contribution < -0.4 is 11.1 Å². The third-order valence-electron chi connectivity index (χ3n) is 2.64. The van der Waals surface area contributed by atoms with Gasteiger partial charge in [-0.3, -0.25) is 14.3 Å². The van der Waals surface area contributed by atoms with Crippen molar-refractivity contribution in [2.75, 3.05) is 5.32 Å². The molecule has 2 amide bonds. The van der Waals surface area contributed by atoms with Crippen LogP contribution in [0.4, 0.5) is 5.69 Å². The molecule has 0 spiro atoms. The molecule has 1 heterocycles. The molecule has 104 valence electrons. The number of hydrogen-bond donors (Lipinski definition) is 2. The Morgan fingerprint density at radius 2 is 2.20 bits per heavy atom. The van der Waals surface area contributed by atoms with Crippen molar-refractivity contribution in [3.8, 4) is 0 Å². The van der Waals surface area contributed by atoms with Crippen molar-refractivity contribution in [3.05, 3.63) is 46.2 Å². The van der Waals surface area contributed by atoms with Gasteiger partial charge in [0.05, 0.1) is 11.9 Å². The third-order valence-corrected chi connectivity index (χ3v) is 3.50. The van der Waals surface area contributed by atoms with Crippen molar-refractivity contribution in [2.24, 2.45) is 5.73 Å². The molecule has 0 saturated heterocycles. The minimum Gasteiger partial charge on any atom is -0.368 e. The van der Waals surface area contributed by atoms with Gasteiger partial charge in [-0.1, -0.05) is 22.0 Å². The molecule has 0 radical (unpaired) electrons. The van der Waals surface area contributed by atoms with Gasteiger partial charge in [0.25, 0.3) is 5.91 Å². The molecule has 0 bridgehead atoms. The predicted octanol–water partition coefficient (Wildman–Crippen LogP) is 1.69. The molecule has 0 atom stereocenters. The fourth-order valence-electron chi connectivity index (χ4n) is 1.61. The second kappa shape index (κ2) is 5.87. The number of nitrogens with one attached hydrogen (secondary N) is 1. The van der Waals surface area contributed by atoms with Crippen LogP contribution in [0.1, 0.15) is 15.9 Å². The number of anilines is 1. The van der Waals surface area contributed by atoms with Gasteiger partial charge in [-0.2, -0.15) is 5.10 Å². The summed E-state index contributed by atoms with van der Waals surface area (Å²) in [6, 6.07) is 5.34. The number of carbonyl (C=O) groups excluding carboxylic acids is 2. The summed E-state index contributed by atoms with van der Waals surface area (Å²) < 4.78 is 2.23. The second-order valence-corrected chi connectivity index (χ2v) is 5.17. The second-order valence-electron chi connectivity index (χ2n) is 4.31. The molecule has 0 fully saturated rings. The standard InChI is InChI=1S/C13H13BrN4O2/c1-8-2-3-9(4-11(8)14)13(20)17-10-5-16-18(6-10)7-12(15)19/h2-6H,7H2,1H3,(H2,15,19)(H,17,20). The topological polar surface area (TPSA) is 90.0 Å². The zero-order valence-electron chi connectivity index (χ0n) is 10.8. The Labute approximate surface area is 124 Å². The van der Waals surface area contributed by atoms with Crippen LogP contribution in [0.5, 0.6) is 0 Å². The zero-order chi connectivity index (χ0) is 14.7. The van der Waals surface area contributed by atoms with Gasteiger partial charge in [0.15, 0.2) is 0 Å². The Hall–Kier alpha value is -2.15. The van der Waals surface area contributed by atoms with E-state index in [0.717, 1.165) is 10.0 Å². The molecule has 0 saturated carbocycles. The van der Waals surface area contributed by atoms with Crippen molar-refractivity contribution >= 4 is 33.4 Å². The minimum absolute atomic E-state index is 0.0219. The average molecular weight is 337 g/mol. The van der Waals surface area contributed by atoms with Crippen LogP contribution in [-0.2, 0) is 11.3 Å². The minimum atomic E-state index is -0.492. The number of benzene rings is 1. The van der Waals surface area contributed by atoms with Gasteiger partial charge in [-0.15, -0.1) is 0 Å². The van der Waals surface area contributed by atoms with Crippen LogP contribution in [-0.4, -0.2) is 21.6 Å². The molecule has 1 aromatic carbocycles. The summed E-state index contributed by atoms with van der Waals surface area (Å²) in [5.41, 5.74) is 7.16. The lowest BCUT2D eigenvalue weighted by atomic mass is 10.1. The highest BCUT2D eigenvalue weighted by Gasteiger charge is 2.09. The van der Waals surface area contributed by atoms with E-state index in [2.05, 4.69) is 26.3 Å². The molecule has 2 rings (SSSR count). The first-order chi connectivity index (χ1) is 9.45. The SMILES string of the molecule is Cc1ccc(C(=O)Nc2cnn(CC(N)=O)c2)cc1Br. The summed E-state index contributed by atoms with van der Waals surface area (Å²) in [5, 5.41) is 6.63. The van der Waals surface area contributed by atoms with E-state index in [-0.39, 0.29) is 12.5 Å². The first-order valence-corrected chi connectivity index (χ1v) is 6.63. The van der Waals surface area contributed by atoms with Gasteiger partial charge in [-0.05, 0) is 24.6 Å². The number of aromatic nitrogens is 2. The molecule has 0 aliphatic heterocycles. The van der Waals surface area contributed by atoms with Crippen LogP contribution in [0, 0.1) is 6.92 Å². The molecular formula is C13H13BrN4O2. The van der Waals surface area contributed by atoms with Gasteiger partial charge >= 0.3 is 0 Å². The number of primary amides is 1. The Morgan fingerprint density at radius 1 is 1.45 bits per heavy atom. The Balaban J connectivity index is 2.09. The van der Waals surface area contributed by atoms with E-state index in [9.17, 15) is 9.59 Å². The summed E-state index contributed by atoms with van der Waals surface area (Å²) in [6.07, 6.45) is 3.01. The molecular weight excluding hydrogens is 324 g/mol. The summed E-state index contributed by atoms with van der Waals surface area (Å²) in [6.45, 7) is 1.92. The quantitative estimate of drug-likeness (QED) is 0.890. The molecule has 20 heavy (non-hydrogen) atoms. The molecule has 7 heteroatoms. The highest BCUT2D eigenvalue weighted by molar-refractivity contribution is 9.10. The number of amides is 2. The van der Waals surface area contributed by atoms with E-state index >= 15 is 0 Å². The van der Waals surface area contributed by atoms with Crippen LogP contribution in [0.2, 0.25) is 0 Å². The normalized spacial score (nSPS) is 10.3. The van der Waals surface area contributed by atoms with Gasteiger partial charge < -0.3 is 11.1 Å². The maximum Gasteiger partial charge on any atom is 0.255 e. The number of hydrogen-bond acceptors (Lipinski definition) is 3. The highest BCUT2D eigenvalue weighted by Crippen LogP contribution is 2.18. The van der Waals surface area contributed by atoms with Crippen LogP contribution in [0.15, 0.2) is 35.1 Å². The van der Waals surface area contributed by atoms with Crippen LogP contribution in [0.25, 0.3) is 0 Å². The van der Waals surface area contributed by atoms with E-state index in [0.29, 0.717) is 11.3 Å². The zero-order valence-corrected chi connectivity index (χ0v) is 12.3. The van der Waals surface area contributed by atoms with Crippen molar-refractivity contribution in [3.63, 3.8) is 0 Å². The van der Waals surface area contributed by atoms with Gasteiger partial charge in [0.1, 0.15) is 6.54 Å². The number of nitrogens with zero attached hydrogens (tertiary/aromatic N) is 2. The summed E-state index contributed by atoms with van der Waals surface area (Å²) in [7, 11) is 0. The number of halogens is 1. The molecule has 0 aliphatic rings. The third kappa shape index (κ3) is 3.45. The van der Waals surface area contributed by atoms with Gasteiger partial charge in [0, 0.05) is 16.2 Å². The van der Waals surface area contributed by atoms with E-state index < -0.39 is 5.91 Å². The van der Waals surface area contributed by atoms with E-state index in [1.54, 1.807) is 18.3 Å². The van der Waals surface area contributed by atoms with Crippen LogP contribution >= 0.6 is 15.9 Å². The molecule has 2 aromatic rings. The maximum atomic E-state index is 12.0. The van der Waals surface area contributed by atoms with E-state index in [1.165, 1.54) is 10.9 Å². The average Bonchev–Trinajstić information content (AvgIpc) is 2.79. The smallest absolute Gasteiger partial charge is 0.255 e. The number of aryl methyl sites for hydroxylation is 1. The summed E-state index contributed by atoms with van der Waals surface area (Å²) >= 11 is 3.38. The number of carbonyl (C=O) groups is 2. The first-order valence-electron chi connectivity index (χ1n) is 5.84. The first kappa shape index (κ1) is 14.3. The highest BCUT2D eigenvalue weighted by atomic mass is 79.9. The molecule has 1 aromatic heterocycles. The van der Waals surface area contributed by atoms with Crippen molar-refractivity contribution in [2.45, 2.75) is 13.5 Å². The van der Waals surface area contributed by atoms with Crippen molar-refractivity contribution < 1.29 is 9.59 Å². The molecule has 6 nitrogen and oxygen atoms in total. The fourth-order valence-corrected chi connectivity index (χ4v) is 1.99. The maximum absolute atomic E-state index is 12.0. The fraction of sp³-hybridized carbons (Fsp3) is 0.154. The molecule has 0 aliphatic carbocycles. The predicted molar refractivity (Wildman–Crippen MR) is 78.3 cm³/mol. The lowest BCUT2D eigenvalue weighted by Gasteiger charge is -2.04. The summed E-state index contributed by atoms with van der Waals surface area (Å²) in [5.74, 6) is -0.738. The van der Waals surface area contributed by atoms with Gasteiger partial charge in [-0.25, -0.2) is 0 Å². The van der Waals surface area contributed by atoms with Crippen molar-refractivity contribution in [1.82, 2.24) is 9.78 Å². The molecule has 3 N–H and O–H groups in total.